The third kappa shape index (κ3) is 3.33. The highest BCUT2D eigenvalue weighted by Gasteiger charge is 2.31. The first-order valence-corrected chi connectivity index (χ1v) is 4.34. The molecule has 1 aromatic carbocycles. The van der Waals surface area contributed by atoms with Crippen LogP contribution < -0.4 is 4.74 Å². The van der Waals surface area contributed by atoms with Crippen molar-refractivity contribution in [3.8, 4) is 11.8 Å². The summed E-state index contributed by atoms with van der Waals surface area (Å²) in [6.07, 6.45) is -4.75. The largest absolute Gasteiger partial charge is 0.573 e. The van der Waals surface area contributed by atoms with Crippen LogP contribution >= 0.6 is 11.6 Å². The molecule has 0 fully saturated rings. The first-order valence-electron chi connectivity index (χ1n) is 3.81. The molecule has 80 valence electrons. The van der Waals surface area contributed by atoms with Gasteiger partial charge in [-0.15, -0.1) is 24.8 Å². The third-order valence-corrected chi connectivity index (χ3v) is 1.85. The van der Waals surface area contributed by atoms with E-state index >= 15 is 0 Å². The first-order chi connectivity index (χ1) is 6.96. The molecule has 6 heteroatoms. The number of hydrogen-bond acceptors (Lipinski definition) is 2. The van der Waals surface area contributed by atoms with E-state index in [0.717, 1.165) is 6.07 Å². The number of alkyl halides is 4. The highest BCUT2D eigenvalue weighted by Crippen LogP contribution is 2.28. The predicted octanol–water partition coefficient (Wildman–Crippen LogP) is 3.20. The van der Waals surface area contributed by atoms with Crippen LogP contribution in [0.25, 0.3) is 0 Å². The average molecular weight is 236 g/mol. The van der Waals surface area contributed by atoms with Crippen molar-refractivity contribution < 1.29 is 17.9 Å². The van der Waals surface area contributed by atoms with Gasteiger partial charge in [0.25, 0.3) is 0 Å². The molecular weight excluding hydrogens is 231 g/mol. The van der Waals surface area contributed by atoms with E-state index in [4.69, 9.17) is 16.9 Å². The Bertz CT molecular complexity index is 397. The summed E-state index contributed by atoms with van der Waals surface area (Å²) in [5, 5.41) is 8.52. The fourth-order valence-corrected chi connectivity index (χ4v) is 1.19. The molecule has 0 heterocycles. The molecule has 0 unspecified atom stereocenters. The van der Waals surface area contributed by atoms with Crippen molar-refractivity contribution in [2.45, 2.75) is 12.2 Å². The summed E-state index contributed by atoms with van der Waals surface area (Å²) in [5.74, 6) is -0.530. The highest BCUT2D eigenvalue weighted by molar-refractivity contribution is 6.17. The predicted molar refractivity (Wildman–Crippen MR) is 47.4 cm³/mol. The average Bonchev–Trinajstić information content (AvgIpc) is 2.16. The Balaban J connectivity index is 3.04. The summed E-state index contributed by atoms with van der Waals surface area (Å²) in [6.45, 7) is 0. The second-order valence-electron chi connectivity index (χ2n) is 2.62. The van der Waals surface area contributed by atoms with Crippen LogP contribution in [-0.4, -0.2) is 6.36 Å². The topological polar surface area (TPSA) is 33.0 Å². The molecule has 0 radical (unpaired) electrons. The van der Waals surface area contributed by atoms with E-state index in [1.54, 1.807) is 6.07 Å². The Morgan fingerprint density at radius 2 is 2.07 bits per heavy atom. The Morgan fingerprint density at radius 3 is 2.53 bits per heavy atom. The molecule has 1 rings (SSSR count). The van der Waals surface area contributed by atoms with Crippen LogP contribution in [-0.2, 0) is 5.88 Å². The van der Waals surface area contributed by atoms with Crippen LogP contribution in [0.2, 0.25) is 0 Å². The Morgan fingerprint density at radius 1 is 1.40 bits per heavy atom. The molecule has 15 heavy (non-hydrogen) atoms. The number of benzene rings is 1. The van der Waals surface area contributed by atoms with E-state index in [2.05, 4.69) is 4.74 Å². The maximum absolute atomic E-state index is 11.9. The van der Waals surface area contributed by atoms with Crippen molar-refractivity contribution in [3.63, 3.8) is 0 Å². The molecule has 0 aromatic heterocycles. The van der Waals surface area contributed by atoms with Gasteiger partial charge in [-0.1, -0.05) is 0 Å². The quantitative estimate of drug-likeness (QED) is 0.738. The molecular formula is C9H5ClF3NO. The molecule has 0 N–H and O–H groups in total. The Labute approximate surface area is 88.8 Å². The zero-order valence-electron chi connectivity index (χ0n) is 7.31. The minimum Gasteiger partial charge on any atom is -0.405 e. The highest BCUT2D eigenvalue weighted by atomic mass is 35.5. The minimum absolute atomic E-state index is 0.132. The number of ether oxygens (including phenoxy) is 1. The molecule has 0 amide bonds. The molecule has 0 aliphatic rings. The van der Waals surface area contributed by atoms with Gasteiger partial charge in [0.1, 0.15) is 5.75 Å². The second kappa shape index (κ2) is 4.41. The van der Waals surface area contributed by atoms with Crippen molar-refractivity contribution in [1.82, 2.24) is 0 Å². The number of nitriles is 1. The summed E-state index contributed by atoms with van der Waals surface area (Å²) in [5.41, 5.74) is 0.369. The van der Waals surface area contributed by atoms with E-state index in [0.29, 0.717) is 0 Å². The molecule has 0 spiro atoms. The minimum atomic E-state index is -4.75. The first kappa shape index (κ1) is 11.7. The van der Waals surface area contributed by atoms with Gasteiger partial charge < -0.3 is 4.74 Å². The van der Waals surface area contributed by atoms with Gasteiger partial charge in [-0.25, -0.2) is 0 Å². The van der Waals surface area contributed by atoms with E-state index in [9.17, 15) is 13.2 Å². The summed E-state index contributed by atoms with van der Waals surface area (Å²) in [6, 6.07) is 5.36. The van der Waals surface area contributed by atoms with E-state index < -0.39 is 6.36 Å². The van der Waals surface area contributed by atoms with Crippen molar-refractivity contribution in [1.29, 1.82) is 5.26 Å². The summed E-state index contributed by atoms with van der Waals surface area (Å²) in [7, 11) is 0. The number of nitrogens with zero attached hydrogens (tertiary/aromatic N) is 1. The lowest BCUT2D eigenvalue weighted by Crippen LogP contribution is -2.18. The lowest BCUT2D eigenvalue weighted by atomic mass is 10.1. The lowest BCUT2D eigenvalue weighted by molar-refractivity contribution is -0.274. The van der Waals surface area contributed by atoms with Crippen LogP contribution in [0.4, 0.5) is 13.2 Å². The van der Waals surface area contributed by atoms with Crippen LogP contribution in [0, 0.1) is 11.3 Å². The molecule has 0 aliphatic heterocycles. The maximum Gasteiger partial charge on any atom is 0.573 e. The van der Waals surface area contributed by atoms with Gasteiger partial charge in [0.05, 0.1) is 17.5 Å². The van der Waals surface area contributed by atoms with E-state index in [-0.39, 0.29) is 22.8 Å². The fraction of sp³-hybridized carbons (Fsp3) is 0.222. The van der Waals surface area contributed by atoms with Gasteiger partial charge in [-0.05, 0) is 18.2 Å². The molecule has 2 nitrogen and oxygen atoms in total. The van der Waals surface area contributed by atoms with Gasteiger partial charge in [0, 0.05) is 5.56 Å². The number of halogens is 4. The van der Waals surface area contributed by atoms with Crippen molar-refractivity contribution in [2.24, 2.45) is 0 Å². The Kier molecular flexibility index (Phi) is 3.43. The molecule has 0 saturated heterocycles. The van der Waals surface area contributed by atoms with E-state index in [1.807, 2.05) is 0 Å². The SMILES string of the molecule is N#Cc1ccc(OC(F)(F)F)c(CCl)c1. The molecule has 0 saturated carbocycles. The molecule has 0 atom stereocenters. The van der Waals surface area contributed by atoms with Crippen LogP contribution in [0.15, 0.2) is 18.2 Å². The summed E-state index contributed by atoms with van der Waals surface area (Å²) in [4.78, 5) is 0. The van der Waals surface area contributed by atoms with Crippen LogP contribution in [0.3, 0.4) is 0 Å². The maximum atomic E-state index is 11.9. The number of rotatable bonds is 2. The van der Waals surface area contributed by atoms with Gasteiger partial charge >= 0.3 is 6.36 Å². The van der Waals surface area contributed by atoms with Crippen molar-refractivity contribution >= 4 is 11.6 Å². The summed E-state index contributed by atoms with van der Waals surface area (Å²) >= 11 is 5.43. The lowest BCUT2D eigenvalue weighted by Gasteiger charge is -2.11. The Hall–Kier alpha value is -1.41. The van der Waals surface area contributed by atoms with Crippen LogP contribution in [0.1, 0.15) is 11.1 Å². The summed E-state index contributed by atoms with van der Waals surface area (Å²) < 4.78 is 39.5. The van der Waals surface area contributed by atoms with Crippen molar-refractivity contribution in [2.75, 3.05) is 0 Å². The van der Waals surface area contributed by atoms with Crippen LogP contribution in [0.5, 0.6) is 5.75 Å². The molecule has 0 aliphatic carbocycles. The normalized spacial score (nSPS) is 10.9. The van der Waals surface area contributed by atoms with E-state index in [1.165, 1.54) is 12.1 Å². The molecule has 0 bridgehead atoms. The van der Waals surface area contributed by atoms with Crippen molar-refractivity contribution in [3.05, 3.63) is 29.3 Å². The zero-order chi connectivity index (χ0) is 11.5. The molecule has 1 aromatic rings. The number of hydrogen-bond donors (Lipinski definition) is 0. The van der Waals surface area contributed by atoms with Gasteiger partial charge in [0.15, 0.2) is 0 Å². The fourth-order valence-electron chi connectivity index (χ4n) is 0.978. The third-order valence-electron chi connectivity index (χ3n) is 1.56. The van der Waals surface area contributed by atoms with Gasteiger partial charge in [-0.2, -0.15) is 5.26 Å². The smallest absolute Gasteiger partial charge is 0.405 e. The second-order valence-corrected chi connectivity index (χ2v) is 2.88. The van der Waals surface area contributed by atoms with Gasteiger partial charge in [0.2, 0.25) is 0 Å². The monoisotopic (exact) mass is 235 g/mol. The zero-order valence-corrected chi connectivity index (χ0v) is 8.06. The van der Waals surface area contributed by atoms with Gasteiger partial charge in [-0.3, -0.25) is 0 Å². The standard InChI is InChI=1S/C9H5ClF3NO/c10-4-7-3-6(5-14)1-2-8(7)15-9(11,12)13/h1-3H,4H2.